The Morgan fingerprint density at radius 1 is 1.25 bits per heavy atom. The van der Waals surface area contributed by atoms with Crippen molar-refractivity contribution < 1.29 is 14.3 Å². The summed E-state index contributed by atoms with van der Waals surface area (Å²) < 4.78 is 10.3. The predicted molar refractivity (Wildman–Crippen MR) is 67.9 cm³/mol. The molecule has 1 N–H and O–H groups in total. The van der Waals surface area contributed by atoms with Gasteiger partial charge in [0, 0.05) is 33.5 Å². The first-order valence-corrected chi connectivity index (χ1v) is 6.87. The van der Waals surface area contributed by atoms with E-state index in [2.05, 4.69) is 5.32 Å². The summed E-state index contributed by atoms with van der Waals surface area (Å²) in [6, 6.07) is 0. The maximum atomic E-state index is 11.2. The van der Waals surface area contributed by atoms with E-state index in [0.29, 0.717) is 18.9 Å². The first kappa shape index (κ1) is 15.7. The fraction of sp³-hybridized carbons (Fsp3) is 0.909. The second-order valence-corrected chi connectivity index (χ2v) is 4.57. The molecule has 5 heteroatoms. The molecule has 0 radical (unpaired) electrons. The van der Waals surface area contributed by atoms with Crippen molar-refractivity contribution in [3.63, 3.8) is 0 Å². The Hall–Kier alpha value is -0.260. The molecule has 0 unspecified atom stereocenters. The second-order valence-electron chi connectivity index (χ2n) is 3.30. The molecule has 0 saturated heterocycles. The molecule has 1 amide bonds. The average Bonchev–Trinajstić information content (AvgIpc) is 2.30. The molecule has 96 valence electrons. The van der Waals surface area contributed by atoms with Gasteiger partial charge in [0.25, 0.3) is 0 Å². The zero-order valence-corrected chi connectivity index (χ0v) is 11.1. The predicted octanol–water partition coefficient (Wildman–Crippen LogP) is 1.30. The number of nitrogens with one attached hydrogen (secondary N) is 1. The third-order valence-corrected chi connectivity index (χ3v) is 2.74. The molecular weight excluding hydrogens is 226 g/mol. The van der Waals surface area contributed by atoms with Crippen molar-refractivity contribution in [1.82, 2.24) is 5.32 Å². The number of methoxy groups -OCH3 is 1. The van der Waals surface area contributed by atoms with E-state index >= 15 is 0 Å². The highest BCUT2D eigenvalue weighted by Crippen LogP contribution is 1.96. The van der Waals surface area contributed by atoms with E-state index < -0.39 is 0 Å². The van der Waals surface area contributed by atoms with Crippen LogP contribution in [0.5, 0.6) is 0 Å². The Bertz CT molecular complexity index is 167. The summed E-state index contributed by atoms with van der Waals surface area (Å²) in [6.07, 6.45) is 1.80. The molecule has 0 aromatic rings. The minimum absolute atomic E-state index is 0.117. The first-order valence-electron chi connectivity index (χ1n) is 5.72. The maximum Gasteiger partial charge on any atom is 0.229 e. The highest BCUT2D eigenvalue weighted by molar-refractivity contribution is 7.99. The second kappa shape index (κ2) is 12.8. The molecule has 0 saturated carbocycles. The lowest BCUT2D eigenvalue weighted by molar-refractivity contribution is -0.118. The Morgan fingerprint density at radius 2 is 2.00 bits per heavy atom. The molecule has 0 bridgehead atoms. The number of amides is 1. The largest absolute Gasteiger partial charge is 0.385 e. The van der Waals surface area contributed by atoms with E-state index in [1.807, 2.05) is 6.92 Å². The van der Waals surface area contributed by atoms with E-state index in [-0.39, 0.29) is 5.91 Å². The number of ether oxygens (including phenoxy) is 2. The molecule has 4 nitrogen and oxygen atoms in total. The number of carbonyl (C=O) groups is 1. The zero-order chi connectivity index (χ0) is 12.1. The number of hydrogen-bond acceptors (Lipinski definition) is 4. The van der Waals surface area contributed by atoms with Crippen LogP contribution >= 0.6 is 11.8 Å². The summed E-state index contributed by atoms with van der Waals surface area (Å²) in [7, 11) is 1.68. The Morgan fingerprint density at radius 3 is 2.69 bits per heavy atom. The lowest BCUT2D eigenvalue weighted by Crippen LogP contribution is -2.27. The van der Waals surface area contributed by atoms with Gasteiger partial charge in [-0.2, -0.15) is 11.8 Å². The van der Waals surface area contributed by atoms with Crippen molar-refractivity contribution in [2.75, 3.05) is 45.0 Å². The summed E-state index contributed by atoms with van der Waals surface area (Å²) in [5, 5.41) is 2.86. The van der Waals surface area contributed by atoms with Crippen LogP contribution in [0.3, 0.4) is 0 Å². The molecular formula is C11H23NO3S. The molecule has 0 atom stereocenters. The van der Waals surface area contributed by atoms with Crippen molar-refractivity contribution in [3.8, 4) is 0 Å². The number of hydrogen-bond donors (Lipinski definition) is 1. The van der Waals surface area contributed by atoms with Gasteiger partial charge in [-0.05, 0) is 18.6 Å². The number of rotatable bonds is 11. The van der Waals surface area contributed by atoms with Crippen molar-refractivity contribution in [2.24, 2.45) is 0 Å². The fourth-order valence-electron chi connectivity index (χ4n) is 1.06. The van der Waals surface area contributed by atoms with Crippen LogP contribution in [0.1, 0.15) is 19.8 Å². The monoisotopic (exact) mass is 249 g/mol. The van der Waals surface area contributed by atoms with Crippen LogP contribution in [0.2, 0.25) is 0 Å². The highest BCUT2D eigenvalue weighted by atomic mass is 32.2. The van der Waals surface area contributed by atoms with Crippen molar-refractivity contribution in [2.45, 2.75) is 19.8 Å². The minimum atomic E-state index is 0.117. The maximum absolute atomic E-state index is 11.2. The van der Waals surface area contributed by atoms with Gasteiger partial charge < -0.3 is 14.8 Å². The molecule has 0 aliphatic carbocycles. The summed E-state index contributed by atoms with van der Waals surface area (Å²) >= 11 is 1.64. The molecule has 0 rings (SSSR count). The van der Waals surface area contributed by atoms with Crippen LogP contribution in [-0.4, -0.2) is 50.9 Å². The topological polar surface area (TPSA) is 47.6 Å². The summed E-state index contributed by atoms with van der Waals surface area (Å²) in [4.78, 5) is 11.2. The normalized spacial score (nSPS) is 10.4. The van der Waals surface area contributed by atoms with Gasteiger partial charge in [0.1, 0.15) is 0 Å². The Kier molecular flexibility index (Phi) is 12.6. The van der Waals surface area contributed by atoms with Gasteiger partial charge in [-0.3, -0.25) is 4.79 Å². The summed E-state index contributed by atoms with van der Waals surface area (Å²) in [5.74, 6) is 1.66. The van der Waals surface area contributed by atoms with Gasteiger partial charge in [-0.1, -0.05) is 6.92 Å². The minimum Gasteiger partial charge on any atom is -0.385 e. The Labute approximate surface area is 102 Å². The van der Waals surface area contributed by atoms with E-state index in [4.69, 9.17) is 9.47 Å². The molecule has 0 aromatic heterocycles. The van der Waals surface area contributed by atoms with Crippen LogP contribution in [0.25, 0.3) is 0 Å². The fourth-order valence-corrected chi connectivity index (χ4v) is 1.55. The third kappa shape index (κ3) is 11.8. The molecule has 16 heavy (non-hydrogen) atoms. The average molecular weight is 249 g/mol. The van der Waals surface area contributed by atoms with Gasteiger partial charge in [0.15, 0.2) is 0 Å². The van der Waals surface area contributed by atoms with Crippen molar-refractivity contribution >= 4 is 17.7 Å². The standard InChI is InChI=1S/C11H23NO3S/c1-3-16-10-11(13)12-6-4-8-15-9-5-7-14-2/h3-10H2,1-2H3,(H,12,13). The lowest BCUT2D eigenvalue weighted by Gasteiger charge is -2.05. The molecule has 0 aliphatic heterocycles. The molecule has 0 fully saturated rings. The molecule has 0 heterocycles. The lowest BCUT2D eigenvalue weighted by atomic mass is 10.4. The van der Waals surface area contributed by atoms with Gasteiger partial charge in [-0.15, -0.1) is 0 Å². The third-order valence-electron chi connectivity index (χ3n) is 1.86. The van der Waals surface area contributed by atoms with Gasteiger partial charge >= 0.3 is 0 Å². The first-order chi connectivity index (χ1) is 7.81. The number of carbonyl (C=O) groups excluding carboxylic acids is 1. The highest BCUT2D eigenvalue weighted by Gasteiger charge is 1.98. The van der Waals surface area contributed by atoms with Crippen LogP contribution < -0.4 is 5.32 Å². The van der Waals surface area contributed by atoms with Crippen LogP contribution in [0, 0.1) is 0 Å². The number of thioether (sulfide) groups is 1. The molecule has 0 spiro atoms. The van der Waals surface area contributed by atoms with Crippen LogP contribution in [0.15, 0.2) is 0 Å². The smallest absolute Gasteiger partial charge is 0.229 e. The molecule has 0 aliphatic rings. The van der Waals surface area contributed by atoms with E-state index in [0.717, 1.165) is 31.8 Å². The quantitative estimate of drug-likeness (QED) is 0.561. The van der Waals surface area contributed by atoms with Crippen LogP contribution in [-0.2, 0) is 14.3 Å². The van der Waals surface area contributed by atoms with E-state index in [9.17, 15) is 4.79 Å². The van der Waals surface area contributed by atoms with E-state index in [1.165, 1.54) is 0 Å². The summed E-state index contributed by atoms with van der Waals surface area (Å²) in [5.41, 5.74) is 0. The summed E-state index contributed by atoms with van der Waals surface area (Å²) in [6.45, 7) is 4.92. The van der Waals surface area contributed by atoms with Crippen LogP contribution in [0.4, 0.5) is 0 Å². The van der Waals surface area contributed by atoms with Crippen molar-refractivity contribution in [1.29, 1.82) is 0 Å². The SMILES string of the molecule is CCSCC(=O)NCCCOCCCOC. The van der Waals surface area contributed by atoms with Crippen molar-refractivity contribution in [3.05, 3.63) is 0 Å². The van der Waals surface area contributed by atoms with Gasteiger partial charge in [-0.25, -0.2) is 0 Å². The van der Waals surface area contributed by atoms with Gasteiger partial charge in [0.2, 0.25) is 5.91 Å². The van der Waals surface area contributed by atoms with E-state index in [1.54, 1.807) is 18.9 Å². The molecule has 0 aromatic carbocycles. The zero-order valence-electron chi connectivity index (χ0n) is 10.3. The van der Waals surface area contributed by atoms with Gasteiger partial charge in [0.05, 0.1) is 5.75 Å². The Balaban J connectivity index is 3.05.